The second-order valence-electron chi connectivity index (χ2n) is 3.35. The van der Waals surface area contributed by atoms with Crippen LogP contribution in [0.4, 0.5) is 0 Å². The zero-order valence-electron chi connectivity index (χ0n) is 9.03. The molecule has 0 aliphatic heterocycles. The first-order chi connectivity index (χ1) is 7.17. The first-order valence-corrected chi connectivity index (χ1v) is 5.82. The second-order valence-corrected chi connectivity index (χ2v) is 4.55. The molecule has 15 heavy (non-hydrogen) atoms. The van der Waals surface area contributed by atoms with Gasteiger partial charge in [0.2, 0.25) is 0 Å². The van der Waals surface area contributed by atoms with E-state index < -0.39 is 6.10 Å². The van der Waals surface area contributed by atoms with Crippen LogP contribution in [0.3, 0.4) is 0 Å². The molecule has 0 amide bonds. The Bertz CT molecular complexity index is 319. The van der Waals surface area contributed by atoms with Crippen LogP contribution in [0.25, 0.3) is 0 Å². The standard InChI is InChI=1S/C11H16O3S/c1-3-4-8-5-6-10(15-8)9(12)7-11(13)14-2/h5-6,9,12H,3-4,7H2,1-2H3/t9-/m0/s1. The van der Waals surface area contributed by atoms with Gasteiger partial charge in [0, 0.05) is 9.75 Å². The molecule has 1 N–H and O–H groups in total. The highest BCUT2D eigenvalue weighted by Gasteiger charge is 2.15. The van der Waals surface area contributed by atoms with Crippen LogP contribution in [0.1, 0.15) is 35.6 Å². The Kier molecular flexibility index (Phi) is 4.78. The number of hydrogen-bond acceptors (Lipinski definition) is 4. The molecule has 0 spiro atoms. The van der Waals surface area contributed by atoms with E-state index in [9.17, 15) is 9.90 Å². The smallest absolute Gasteiger partial charge is 0.308 e. The van der Waals surface area contributed by atoms with Crippen molar-refractivity contribution in [3.8, 4) is 0 Å². The molecule has 1 atom stereocenters. The third-order valence-corrected chi connectivity index (χ3v) is 3.34. The summed E-state index contributed by atoms with van der Waals surface area (Å²) in [5.74, 6) is -0.382. The van der Waals surface area contributed by atoms with Gasteiger partial charge in [-0.15, -0.1) is 11.3 Å². The molecular weight excluding hydrogens is 212 g/mol. The third-order valence-electron chi connectivity index (χ3n) is 2.09. The molecule has 0 aromatic carbocycles. The van der Waals surface area contributed by atoms with Gasteiger partial charge >= 0.3 is 5.97 Å². The topological polar surface area (TPSA) is 46.5 Å². The molecule has 1 aromatic heterocycles. The lowest BCUT2D eigenvalue weighted by Gasteiger charge is -2.05. The fourth-order valence-corrected chi connectivity index (χ4v) is 2.40. The zero-order valence-corrected chi connectivity index (χ0v) is 9.84. The van der Waals surface area contributed by atoms with Crippen LogP contribution in [0, 0.1) is 0 Å². The van der Waals surface area contributed by atoms with Crippen LogP contribution in [-0.4, -0.2) is 18.2 Å². The Morgan fingerprint density at radius 1 is 1.60 bits per heavy atom. The highest BCUT2D eigenvalue weighted by molar-refractivity contribution is 7.12. The van der Waals surface area contributed by atoms with Crippen molar-refractivity contribution in [2.75, 3.05) is 7.11 Å². The molecule has 4 heteroatoms. The van der Waals surface area contributed by atoms with Crippen molar-refractivity contribution in [1.82, 2.24) is 0 Å². The summed E-state index contributed by atoms with van der Waals surface area (Å²) in [6.45, 7) is 2.12. The number of thiophene rings is 1. The lowest BCUT2D eigenvalue weighted by molar-refractivity contribution is -0.142. The largest absolute Gasteiger partial charge is 0.469 e. The number of rotatable bonds is 5. The number of carbonyl (C=O) groups is 1. The van der Waals surface area contributed by atoms with E-state index in [0.29, 0.717) is 0 Å². The number of esters is 1. The Hall–Kier alpha value is -0.870. The van der Waals surface area contributed by atoms with Gasteiger partial charge in [0.1, 0.15) is 0 Å². The average Bonchev–Trinajstić information content (AvgIpc) is 2.67. The molecule has 3 nitrogen and oxygen atoms in total. The number of carbonyl (C=O) groups excluding carboxylic acids is 1. The van der Waals surface area contributed by atoms with Gasteiger partial charge in [0.15, 0.2) is 0 Å². The Balaban J connectivity index is 2.57. The van der Waals surface area contributed by atoms with Crippen molar-refractivity contribution in [3.05, 3.63) is 21.9 Å². The van der Waals surface area contributed by atoms with E-state index in [4.69, 9.17) is 0 Å². The third kappa shape index (κ3) is 3.64. The lowest BCUT2D eigenvalue weighted by Crippen LogP contribution is -2.06. The number of hydrogen-bond donors (Lipinski definition) is 1. The Morgan fingerprint density at radius 2 is 2.33 bits per heavy atom. The first kappa shape index (κ1) is 12.2. The van der Waals surface area contributed by atoms with Crippen LogP contribution in [-0.2, 0) is 16.0 Å². The Labute approximate surface area is 93.7 Å². The molecule has 0 fully saturated rings. The summed E-state index contributed by atoms with van der Waals surface area (Å²) in [6.07, 6.45) is 1.42. The number of ether oxygens (including phenoxy) is 1. The molecule has 0 aliphatic rings. The van der Waals surface area contributed by atoms with E-state index in [1.807, 2.05) is 12.1 Å². The van der Waals surface area contributed by atoms with Crippen LogP contribution in [0.5, 0.6) is 0 Å². The predicted molar refractivity (Wildman–Crippen MR) is 59.9 cm³/mol. The maximum atomic E-state index is 11.0. The van der Waals surface area contributed by atoms with Crippen LogP contribution >= 0.6 is 11.3 Å². The molecule has 0 saturated carbocycles. The van der Waals surface area contributed by atoms with Crippen molar-refractivity contribution in [2.45, 2.75) is 32.3 Å². The van der Waals surface area contributed by atoms with Crippen molar-refractivity contribution < 1.29 is 14.6 Å². The quantitative estimate of drug-likeness (QED) is 0.787. The normalized spacial score (nSPS) is 12.5. The summed E-state index contributed by atoms with van der Waals surface area (Å²) in [4.78, 5) is 13.0. The van der Waals surface area contributed by atoms with Crippen molar-refractivity contribution >= 4 is 17.3 Å². The predicted octanol–water partition coefficient (Wildman–Crippen LogP) is 2.30. The fraction of sp³-hybridized carbons (Fsp3) is 0.545. The van der Waals surface area contributed by atoms with E-state index in [2.05, 4.69) is 11.7 Å². The molecule has 84 valence electrons. The fourth-order valence-electron chi connectivity index (χ4n) is 1.30. The second kappa shape index (κ2) is 5.88. The van der Waals surface area contributed by atoms with Gasteiger partial charge < -0.3 is 9.84 Å². The van der Waals surface area contributed by atoms with E-state index in [1.54, 1.807) is 11.3 Å². The SMILES string of the molecule is CCCc1ccc([C@@H](O)CC(=O)OC)s1. The van der Waals surface area contributed by atoms with Gasteiger partial charge in [-0.05, 0) is 18.6 Å². The van der Waals surface area contributed by atoms with E-state index in [0.717, 1.165) is 17.7 Å². The molecule has 0 bridgehead atoms. The molecule has 0 aliphatic carbocycles. The highest BCUT2D eigenvalue weighted by atomic mass is 32.1. The Morgan fingerprint density at radius 3 is 2.93 bits per heavy atom. The molecule has 1 aromatic rings. The number of methoxy groups -OCH3 is 1. The van der Waals surface area contributed by atoms with Crippen molar-refractivity contribution in [2.24, 2.45) is 0 Å². The van der Waals surface area contributed by atoms with Crippen molar-refractivity contribution in [1.29, 1.82) is 0 Å². The summed E-state index contributed by atoms with van der Waals surface area (Å²) in [5.41, 5.74) is 0. The lowest BCUT2D eigenvalue weighted by atomic mass is 10.2. The first-order valence-electron chi connectivity index (χ1n) is 5.00. The maximum Gasteiger partial charge on any atom is 0.308 e. The molecule has 0 unspecified atom stereocenters. The van der Waals surface area contributed by atoms with Gasteiger partial charge in [0.05, 0.1) is 19.6 Å². The molecular formula is C11H16O3S. The monoisotopic (exact) mass is 228 g/mol. The summed E-state index contributed by atoms with van der Waals surface area (Å²) in [7, 11) is 1.33. The van der Waals surface area contributed by atoms with Crippen LogP contribution in [0.15, 0.2) is 12.1 Å². The van der Waals surface area contributed by atoms with Crippen LogP contribution in [0.2, 0.25) is 0 Å². The minimum atomic E-state index is -0.729. The minimum absolute atomic E-state index is 0.0303. The number of aliphatic hydroxyl groups excluding tert-OH is 1. The summed E-state index contributed by atoms with van der Waals surface area (Å²) >= 11 is 1.56. The van der Waals surface area contributed by atoms with Gasteiger partial charge in [-0.1, -0.05) is 13.3 Å². The minimum Gasteiger partial charge on any atom is -0.469 e. The van der Waals surface area contributed by atoms with Gasteiger partial charge in [-0.2, -0.15) is 0 Å². The summed E-state index contributed by atoms with van der Waals surface area (Å²) < 4.78 is 4.50. The van der Waals surface area contributed by atoms with Gasteiger partial charge in [-0.25, -0.2) is 0 Å². The van der Waals surface area contributed by atoms with E-state index in [1.165, 1.54) is 12.0 Å². The summed E-state index contributed by atoms with van der Waals surface area (Å²) in [5, 5.41) is 9.71. The maximum absolute atomic E-state index is 11.0. The van der Waals surface area contributed by atoms with Gasteiger partial charge in [-0.3, -0.25) is 4.79 Å². The highest BCUT2D eigenvalue weighted by Crippen LogP contribution is 2.26. The van der Waals surface area contributed by atoms with Crippen LogP contribution < -0.4 is 0 Å². The molecule has 1 heterocycles. The summed E-state index contributed by atoms with van der Waals surface area (Å²) in [6, 6.07) is 3.88. The molecule has 1 rings (SSSR count). The van der Waals surface area contributed by atoms with E-state index >= 15 is 0 Å². The zero-order chi connectivity index (χ0) is 11.3. The molecule has 0 radical (unpaired) electrons. The average molecular weight is 228 g/mol. The number of aliphatic hydroxyl groups is 1. The van der Waals surface area contributed by atoms with Gasteiger partial charge in [0.25, 0.3) is 0 Å². The van der Waals surface area contributed by atoms with Crippen molar-refractivity contribution in [3.63, 3.8) is 0 Å². The molecule has 0 saturated heterocycles. The number of aryl methyl sites for hydroxylation is 1. The van der Waals surface area contributed by atoms with E-state index in [-0.39, 0.29) is 12.4 Å².